The van der Waals surface area contributed by atoms with E-state index < -0.39 is 59.5 Å². The van der Waals surface area contributed by atoms with Gasteiger partial charge in [0, 0.05) is 27.3 Å². The summed E-state index contributed by atoms with van der Waals surface area (Å²) in [4.78, 5) is 77.9. The number of benzene rings is 4. The summed E-state index contributed by atoms with van der Waals surface area (Å²) in [7, 11) is 0. The number of carbonyl (C=O) groups is 6. The largest absolute Gasteiger partial charge is 0.457 e. The second-order valence-electron chi connectivity index (χ2n) is 16.1. The molecule has 356 valence electrons. The van der Waals surface area contributed by atoms with E-state index in [4.69, 9.17) is 37.9 Å². The number of thiophene rings is 1. The third-order valence-corrected chi connectivity index (χ3v) is 13.7. The van der Waals surface area contributed by atoms with Crippen molar-refractivity contribution in [2.45, 2.75) is 63.2 Å². The second-order valence-corrected chi connectivity index (χ2v) is 18.0. The van der Waals surface area contributed by atoms with Crippen LogP contribution in [0.5, 0.6) is 34.5 Å². The number of thiocyanates is 1. The predicted molar refractivity (Wildman–Crippen MR) is 253 cm³/mol. The van der Waals surface area contributed by atoms with E-state index in [0.717, 1.165) is 44.8 Å². The first-order valence-electron chi connectivity index (χ1n) is 22.1. The number of nitrogens with zero attached hydrogens (tertiary/aromatic N) is 1. The number of carbonyl (C=O) groups excluding carboxylic acids is 6. The van der Waals surface area contributed by atoms with Crippen LogP contribution in [-0.4, -0.2) is 49.4 Å². The summed E-state index contributed by atoms with van der Waals surface area (Å²) in [6.45, 7) is 7.98. The highest BCUT2D eigenvalue weighted by atomic mass is 32.2. The molecule has 17 heteroatoms. The van der Waals surface area contributed by atoms with Gasteiger partial charge in [0.1, 0.15) is 39.9 Å². The molecule has 4 aromatic carbocycles. The number of hydrogen-bond donors (Lipinski definition) is 0. The standard InChI is InChI=1S/C52H47NO14S2/c1-4-44(54)62-29-60-37-16-20-39(21-17-37)64-49(56)33-6-10-35(11-7-33)51(58)66-42-26-27-43(48-46(42)31(3)47(69-48)32-14-24-41(25-15-32)68-28-53)67-52(59)36-12-8-34(9-13-36)50(57)65-40-22-18-38(19-23-40)61-30-63-45(55)5-2/h4-5,14-27,33-36H,1-2,6-13,29-30H2,3H3/t33-,34-,35-,36-. The Morgan fingerprint density at radius 2 is 0.971 bits per heavy atom. The zero-order valence-electron chi connectivity index (χ0n) is 37.5. The summed E-state index contributed by atoms with van der Waals surface area (Å²) in [5.41, 5.74) is 1.68. The van der Waals surface area contributed by atoms with Crippen molar-refractivity contribution in [3.05, 3.63) is 116 Å². The molecule has 0 spiro atoms. The molecule has 0 atom stereocenters. The normalized spacial score (nSPS) is 17.5. The fourth-order valence-electron chi connectivity index (χ4n) is 8.01. The van der Waals surface area contributed by atoms with Gasteiger partial charge >= 0.3 is 35.8 Å². The summed E-state index contributed by atoms with van der Waals surface area (Å²) in [6.07, 6.45) is 5.40. The Kier molecular flexibility index (Phi) is 16.9. The maximum atomic E-state index is 13.8. The Balaban J connectivity index is 0.969. The number of esters is 6. The van der Waals surface area contributed by atoms with Gasteiger partial charge in [-0.15, -0.1) is 11.3 Å². The minimum Gasteiger partial charge on any atom is -0.457 e. The van der Waals surface area contributed by atoms with Crippen molar-refractivity contribution in [1.82, 2.24) is 0 Å². The lowest BCUT2D eigenvalue weighted by Gasteiger charge is -2.26. The van der Waals surface area contributed by atoms with Gasteiger partial charge in [0.25, 0.3) is 0 Å². The van der Waals surface area contributed by atoms with E-state index >= 15 is 0 Å². The Labute approximate surface area is 405 Å². The number of nitriles is 1. The first-order chi connectivity index (χ1) is 33.4. The van der Waals surface area contributed by atoms with E-state index in [9.17, 15) is 34.0 Å². The minimum atomic E-state index is -0.615. The molecule has 1 aromatic heterocycles. The summed E-state index contributed by atoms with van der Waals surface area (Å²) < 4.78 is 44.4. The number of ether oxygens (including phenoxy) is 8. The fraction of sp³-hybridized carbons (Fsp3) is 0.288. The van der Waals surface area contributed by atoms with Crippen LogP contribution in [0.25, 0.3) is 20.5 Å². The molecule has 69 heavy (non-hydrogen) atoms. The van der Waals surface area contributed by atoms with Gasteiger partial charge in [-0.2, -0.15) is 5.26 Å². The molecule has 0 unspecified atom stereocenters. The highest BCUT2D eigenvalue weighted by molar-refractivity contribution is 8.03. The number of aryl methyl sites for hydroxylation is 1. The Morgan fingerprint density at radius 1 is 0.580 bits per heavy atom. The van der Waals surface area contributed by atoms with Crippen LogP contribution in [0.4, 0.5) is 0 Å². The molecule has 1 heterocycles. The molecule has 0 bridgehead atoms. The van der Waals surface area contributed by atoms with E-state index in [1.54, 1.807) is 60.7 Å². The molecule has 0 saturated heterocycles. The molecule has 7 rings (SSSR count). The van der Waals surface area contributed by atoms with Crippen molar-refractivity contribution in [3.8, 4) is 50.3 Å². The average molecular weight is 974 g/mol. The van der Waals surface area contributed by atoms with Crippen molar-refractivity contribution >= 4 is 69.0 Å². The van der Waals surface area contributed by atoms with Crippen LogP contribution in [0.1, 0.15) is 56.9 Å². The first-order valence-corrected chi connectivity index (χ1v) is 23.7. The lowest BCUT2D eigenvalue weighted by atomic mass is 9.82. The molecule has 2 saturated carbocycles. The number of hydrogen-bond acceptors (Lipinski definition) is 17. The third kappa shape index (κ3) is 13.0. The summed E-state index contributed by atoms with van der Waals surface area (Å²) >= 11 is 2.45. The van der Waals surface area contributed by atoms with Gasteiger partial charge in [0.15, 0.2) is 0 Å². The molecule has 0 radical (unpaired) electrons. The SMILES string of the molecule is C=CC(=O)OCOc1ccc(OC(=O)[C@H]2CC[C@H](C(=O)Oc3ccc(OC(=O)[C@H]4CC[C@H](C(=O)Oc5ccc(OCOC(=O)C=C)cc5)CC4)c4c(C)c(-c5ccc(SC#N)cc5)sc34)CC2)cc1. The van der Waals surface area contributed by atoms with Gasteiger partial charge in [0.2, 0.25) is 13.6 Å². The van der Waals surface area contributed by atoms with Crippen molar-refractivity contribution < 1.29 is 66.7 Å². The van der Waals surface area contributed by atoms with Gasteiger partial charge in [-0.25, -0.2) is 9.59 Å². The summed E-state index contributed by atoms with van der Waals surface area (Å²) in [5, 5.41) is 11.9. The smallest absolute Gasteiger partial charge is 0.333 e. The lowest BCUT2D eigenvalue weighted by molar-refractivity contribution is -0.145. The Morgan fingerprint density at radius 3 is 1.39 bits per heavy atom. The monoisotopic (exact) mass is 973 g/mol. The van der Waals surface area contributed by atoms with Crippen LogP contribution >= 0.6 is 23.1 Å². The highest BCUT2D eigenvalue weighted by Crippen LogP contribution is 2.47. The zero-order valence-corrected chi connectivity index (χ0v) is 39.1. The third-order valence-electron chi connectivity index (χ3n) is 11.8. The van der Waals surface area contributed by atoms with Gasteiger partial charge in [-0.1, -0.05) is 25.3 Å². The van der Waals surface area contributed by atoms with Gasteiger partial charge in [-0.3, -0.25) is 19.2 Å². The molecule has 2 fully saturated rings. The Hall–Kier alpha value is -7.42. The summed E-state index contributed by atoms with van der Waals surface area (Å²) in [6, 6.07) is 23.4. The molecule has 0 amide bonds. The van der Waals surface area contributed by atoms with Crippen molar-refractivity contribution in [1.29, 1.82) is 5.26 Å². The zero-order chi connectivity index (χ0) is 48.9. The highest BCUT2D eigenvalue weighted by Gasteiger charge is 2.35. The van der Waals surface area contributed by atoms with Gasteiger partial charge < -0.3 is 37.9 Å². The molecule has 2 aliphatic rings. The van der Waals surface area contributed by atoms with Gasteiger partial charge in [-0.05, 0) is 154 Å². The number of rotatable bonds is 18. The van der Waals surface area contributed by atoms with Crippen LogP contribution in [0.2, 0.25) is 0 Å². The number of fused-ring (bicyclic) bond motifs is 1. The van der Waals surface area contributed by atoms with Crippen molar-refractivity contribution in [2.75, 3.05) is 13.6 Å². The molecule has 0 aliphatic heterocycles. The maximum absolute atomic E-state index is 13.8. The van der Waals surface area contributed by atoms with E-state index in [-0.39, 0.29) is 13.6 Å². The molecule has 5 aromatic rings. The topological polar surface area (TPSA) is 200 Å². The van der Waals surface area contributed by atoms with Crippen LogP contribution in [0.15, 0.2) is 115 Å². The van der Waals surface area contributed by atoms with E-state index in [2.05, 4.69) is 18.6 Å². The van der Waals surface area contributed by atoms with Crippen LogP contribution in [-0.2, 0) is 38.2 Å². The minimum absolute atomic E-state index is 0.294. The fourth-order valence-corrected chi connectivity index (χ4v) is 9.67. The van der Waals surface area contributed by atoms with Crippen LogP contribution in [0.3, 0.4) is 0 Å². The van der Waals surface area contributed by atoms with Crippen molar-refractivity contribution in [3.63, 3.8) is 0 Å². The van der Waals surface area contributed by atoms with Crippen molar-refractivity contribution in [2.24, 2.45) is 23.7 Å². The average Bonchev–Trinajstić information content (AvgIpc) is 3.73. The quantitative estimate of drug-likeness (QED) is 0.0200. The Bertz CT molecular complexity index is 2740. The second kappa shape index (κ2) is 23.5. The first kappa shape index (κ1) is 49.5. The summed E-state index contributed by atoms with van der Waals surface area (Å²) in [5.74, 6) is -2.57. The molecule has 2 aliphatic carbocycles. The lowest BCUT2D eigenvalue weighted by Crippen LogP contribution is -2.30. The van der Waals surface area contributed by atoms with Crippen LogP contribution < -0.4 is 28.4 Å². The molecular weight excluding hydrogens is 927 g/mol. The molecule has 15 nitrogen and oxygen atoms in total. The predicted octanol–water partition coefficient (Wildman–Crippen LogP) is 10.2. The molecular formula is C52H47NO14S2. The number of thioether (sulfide) groups is 1. The van der Waals surface area contributed by atoms with E-state index in [1.165, 1.54) is 11.3 Å². The van der Waals surface area contributed by atoms with E-state index in [0.29, 0.717) is 95.9 Å². The van der Waals surface area contributed by atoms with E-state index in [1.807, 2.05) is 31.2 Å². The maximum Gasteiger partial charge on any atom is 0.333 e. The van der Waals surface area contributed by atoms with Gasteiger partial charge in [0.05, 0.1) is 28.4 Å². The molecule has 0 N–H and O–H groups in total. The van der Waals surface area contributed by atoms with Crippen LogP contribution in [0, 0.1) is 41.3 Å².